The molecule has 1 atom stereocenters. The molecule has 1 heterocycles. The van der Waals surface area contributed by atoms with Gasteiger partial charge in [-0.2, -0.15) is 0 Å². The molecule has 1 aromatic heterocycles. The predicted molar refractivity (Wildman–Crippen MR) is 106 cm³/mol. The van der Waals surface area contributed by atoms with Gasteiger partial charge in [-0.1, -0.05) is 16.8 Å². The Morgan fingerprint density at radius 1 is 1.07 bits per heavy atom. The van der Waals surface area contributed by atoms with Crippen molar-refractivity contribution in [2.45, 2.75) is 9.92 Å². The van der Waals surface area contributed by atoms with E-state index in [4.69, 9.17) is 21.2 Å². The van der Waals surface area contributed by atoms with Gasteiger partial charge >= 0.3 is 5.97 Å². The van der Waals surface area contributed by atoms with Gasteiger partial charge in [-0.3, -0.25) is 0 Å². The van der Waals surface area contributed by atoms with E-state index in [0.717, 1.165) is 0 Å². The zero-order chi connectivity index (χ0) is 19.9. The molecule has 0 spiro atoms. The predicted octanol–water partition coefficient (Wildman–Crippen LogP) is 4.10. The van der Waals surface area contributed by atoms with Crippen molar-refractivity contribution in [3.05, 3.63) is 83.0 Å². The summed E-state index contributed by atoms with van der Waals surface area (Å²) >= 11 is 5.84. The third-order valence-electron chi connectivity index (χ3n) is 3.64. The lowest BCUT2D eigenvalue weighted by molar-refractivity contribution is 0.0519. The standard InChI is InChI=1S/C20H15ClN2O4S/c1-26-17-7-3-15(4-8-17)20(24)27-23-13-14-2-11-19(22-12-14)28(25)18-9-5-16(21)6-10-18/h2-13H,1H3/b23-13-/t28-/m0/s1. The van der Waals surface area contributed by atoms with Crippen molar-refractivity contribution in [3.8, 4) is 5.75 Å². The van der Waals surface area contributed by atoms with E-state index >= 15 is 0 Å². The molecule has 0 aliphatic carbocycles. The number of halogens is 1. The van der Waals surface area contributed by atoms with E-state index in [1.54, 1.807) is 67.8 Å². The molecular formula is C20H15ClN2O4S. The molecule has 3 aromatic rings. The van der Waals surface area contributed by atoms with Crippen LogP contribution in [0, 0.1) is 0 Å². The van der Waals surface area contributed by atoms with E-state index in [2.05, 4.69) is 10.1 Å². The summed E-state index contributed by atoms with van der Waals surface area (Å²) in [6, 6.07) is 16.5. The van der Waals surface area contributed by atoms with Crippen LogP contribution in [0.3, 0.4) is 0 Å². The number of hydrogen-bond acceptors (Lipinski definition) is 6. The van der Waals surface area contributed by atoms with Crippen molar-refractivity contribution in [1.82, 2.24) is 4.98 Å². The van der Waals surface area contributed by atoms with Crippen LogP contribution >= 0.6 is 11.6 Å². The smallest absolute Gasteiger partial charge is 0.365 e. The van der Waals surface area contributed by atoms with Crippen molar-refractivity contribution in [1.29, 1.82) is 0 Å². The van der Waals surface area contributed by atoms with Gasteiger partial charge in [0.2, 0.25) is 0 Å². The van der Waals surface area contributed by atoms with Crippen molar-refractivity contribution in [3.63, 3.8) is 0 Å². The molecule has 0 amide bonds. The molecule has 6 nitrogen and oxygen atoms in total. The molecule has 0 aliphatic rings. The summed E-state index contributed by atoms with van der Waals surface area (Å²) in [6.07, 6.45) is 2.84. The zero-order valence-electron chi connectivity index (χ0n) is 14.7. The van der Waals surface area contributed by atoms with Gasteiger partial charge in [0.25, 0.3) is 0 Å². The maximum atomic E-state index is 12.5. The third kappa shape index (κ3) is 5.03. The Hall–Kier alpha value is -3.03. The van der Waals surface area contributed by atoms with Crippen LogP contribution in [-0.4, -0.2) is 28.5 Å². The number of nitrogens with zero attached hydrogens (tertiary/aromatic N) is 2. The van der Waals surface area contributed by atoms with Crippen molar-refractivity contribution in [2.24, 2.45) is 5.16 Å². The van der Waals surface area contributed by atoms with Crippen LogP contribution < -0.4 is 4.74 Å². The van der Waals surface area contributed by atoms with Crippen molar-refractivity contribution in [2.75, 3.05) is 7.11 Å². The Labute approximate surface area is 169 Å². The van der Waals surface area contributed by atoms with Crippen LogP contribution in [0.25, 0.3) is 0 Å². The Kier molecular flexibility index (Phi) is 6.52. The summed E-state index contributed by atoms with van der Waals surface area (Å²) in [4.78, 5) is 21.5. The first-order chi connectivity index (χ1) is 13.6. The van der Waals surface area contributed by atoms with Gasteiger partial charge in [-0.05, 0) is 60.7 Å². The summed E-state index contributed by atoms with van der Waals surface area (Å²) in [5, 5.41) is 4.64. The van der Waals surface area contributed by atoms with Gasteiger partial charge < -0.3 is 9.57 Å². The van der Waals surface area contributed by atoms with E-state index in [-0.39, 0.29) is 0 Å². The molecular weight excluding hydrogens is 400 g/mol. The lowest BCUT2D eigenvalue weighted by atomic mass is 10.2. The van der Waals surface area contributed by atoms with Crippen LogP contribution in [-0.2, 0) is 15.6 Å². The summed E-state index contributed by atoms with van der Waals surface area (Å²) in [5.74, 6) is 0.0505. The number of carbonyl (C=O) groups is 1. The summed E-state index contributed by atoms with van der Waals surface area (Å²) in [6.45, 7) is 0. The quantitative estimate of drug-likeness (QED) is 0.344. The number of rotatable bonds is 6. The second-order valence-electron chi connectivity index (χ2n) is 5.49. The highest BCUT2D eigenvalue weighted by Crippen LogP contribution is 2.17. The second kappa shape index (κ2) is 9.25. The highest BCUT2D eigenvalue weighted by Gasteiger charge is 2.09. The Morgan fingerprint density at radius 3 is 2.39 bits per heavy atom. The monoisotopic (exact) mass is 414 g/mol. The number of benzene rings is 2. The number of ether oxygens (including phenoxy) is 1. The Bertz CT molecular complexity index is 1000. The van der Waals surface area contributed by atoms with Crippen molar-refractivity contribution >= 4 is 34.6 Å². The molecule has 0 bridgehead atoms. The van der Waals surface area contributed by atoms with Crippen LogP contribution in [0.1, 0.15) is 15.9 Å². The van der Waals surface area contributed by atoms with Gasteiger partial charge in [0.05, 0.1) is 18.9 Å². The van der Waals surface area contributed by atoms with Gasteiger partial charge in [0, 0.05) is 21.7 Å². The molecule has 0 aliphatic heterocycles. The van der Waals surface area contributed by atoms with E-state index in [1.165, 1.54) is 12.4 Å². The van der Waals surface area contributed by atoms with E-state index in [9.17, 15) is 9.00 Å². The number of carbonyl (C=O) groups excluding carboxylic acids is 1. The summed E-state index contributed by atoms with van der Waals surface area (Å²) in [5.41, 5.74) is 0.948. The molecule has 0 unspecified atom stereocenters. The fourth-order valence-corrected chi connectivity index (χ4v) is 3.26. The minimum atomic E-state index is -1.41. The molecule has 0 N–H and O–H groups in total. The van der Waals surface area contributed by atoms with Crippen LogP contribution in [0.2, 0.25) is 5.02 Å². The molecule has 28 heavy (non-hydrogen) atoms. The van der Waals surface area contributed by atoms with Crippen LogP contribution in [0.5, 0.6) is 5.75 Å². The lowest BCUT2D eigenvalue weighted by Crippen LogP contribution is -2.01. The number of hydrogen-bond donors (Lipinski definition) is 0. The molecule has 0 saturated heterocycles. The maximum absolute atomic E-state index is 12.5. The molecule has 3 rings (SSSR count). The average molecular weight is 415 g/mol. The molecule has 0 saturated carbocycles. The normalized spacial score (nSPS) is 11.9. The number of aromatic nitrogens is 1. The summed E-state index contributed by atoms with van der Waals surface area (Å²) in [7, 11) is 0.130. The SMILES string of the molecule is COc1ccc(C(=O)O/N=C\c2ccc([S@@](=O)c3ccc(Cl)cc3)nc2)cc1. The molecule has 2 aromatic carbocycles. The second-order valence-corrected chi connectivity index (χ2v) is 7.36. The fourth-order valence-electron chi connectivity index (χ4n) is 2.17. The van der Waals surface area contributed by atoms with Crippen molar-refractivity contribution < 1.29 is 18.6 Å². The highest BCUT2D eigenvalue weighted by molar-refractivity contribution is 7.85. The average Bonchev–Trinajstić information content (AvgIpc) is 2.74. The van der Waals surface area contributed by atoms with Gasteiger partial charge in [0.15, 0.2) is 0 Å². The number of methoxy groups -OCH3 is 1. The minimum Gasteiger partial charge on any atom is -0.497 e. The first kappa shape index (κ1) is 19.7. The Morgan fingerprint density at radius 2 is 1.79 bits per heavy atom. The van der Waals surface area contributed by atoms with Crippen LogP contribution in [0.4, 0.5) is 0 Å². The number of oxime groups is 1. The van der Waals surface area contributed by atoms with Gasteiger partial charge in [-0.25, -0.2) is 14.0 Å². The molecule has 142 valence electrons. The van der Waals surface area contributed by atoms with E-state index in [0.29, 0.717) is 31.8 Å². The van der Waals surface area contributed by atoms with Gasteiger partial charge in [-0.15, -0.1) is 0 Å². The lowest BCUT2D eigenvalue weighted by Gasteiger charge is -2.02. The zero-order valence-corrected chi connectivity index (χ0v) is 16.3. The first-order valence-electron chi connectivity index (χ1n) is 8.09. The fraction of sp³-hybridized carbons (Fsp3) is 0.0500. The van der Waals surface area contributed by atoms with E-state index < -0.39 is 16.8 Å². The third-order valence-corrected chi connectivity index (χ3v) is 5.21. The first-order valence-corrected chi connectivity index (χ1v) is 9.62. The van der Waals surface area contributed by atoms with Gasteiger partial charge in [0.1, 0.15) is 21.6 Å². The topological polar surface area (TPSA) is 77.9 Å². The maximum Gasteiger partial charge on any atom is 0.365 e. The summed E-state index contributed by atoms with van der Waals surface area (Å²) < 4.78 is 17.5. The highest BCUT2D eigenvalue weighted by atomic mass is 35.5. The minimum absolute atomic E-state index is 0.352. The number of pyridine rings is 1. The largest absolute Gasteiger partial charge is 0.497 e. The molecule has 8 heteroatoms. The van der Waals surface area contributed by atoms with E-state index in [1.807, 2.05) is 0 Å². The molecule has 0 radical (unpaired) electrons. The van der Waals surface area contributed by atoms with Crippen LogP contribution in [0.15, 0.2) is 81.9 Å². The Balaban J connectivity index is 1.61. The molecule has 0 fully saturated rings.